The number of hydrogen-bond donors (Lipinski definition) is 1. The lowest BCUT2D eigenvalue weighted by molar-refractivity contribution is -0.114. The Balaban J connectivity index is 2.04. The van der Waals surface area contributed by atoms with E-state index in [-0.39, 0.29) is 10.6 Å². The second kappa shape index (κ2) is 11.1. The third kappa shape index (κ3) is 6.15. The molecule has 0 atom stereocenters. The maximum absolute atomic E-state index is 13.9. The van der Waals surface area contributed by atoms with E-state index in [0.29, 0.717) is 23.7 Å². The van der Waals surface area contributed by atoms with Crippen LogP contribution in [0.5, 0.6) is 11.5 Å². The molecule has 35 heavy (non-hydrogen) atoms. The summed E-state index contributed by atoms with van der Waals surface area (Å²) < 4.78 is 40.5. The van der Waals surface area contributed by atoms with Gasteiger partial charge in [0.2, 0.25) is 5.91 Å². The number of nitrogens with zero attached hydrogens (tertiary/aromatic N) is 1. The Kier molecular flexibility index (Phi) is 8.45. The third-order valence-electron chi connectivity index (χ3n) is 5.37. The molecule has 0 saturated carbocycles. The highest BCUT2D eigenvalue weighted by Gasteiger charge is 2.30. The van der Waals surface area contributed by atoms with E-state index >= 15 is 0 Å². The number of amides is 1. The second-order valence-electron chi connectivity index (χ2n) is 8.06. The first-order chi connectivity index (χ1) is 16.6. The highest BCUT2D eigenvalue weighted by molar-refractivity contribution is 9.10. The van der Waals surface area contributed by atoms with Gasteiger partial charge in [0, 0.05) is 10.2 Å². The predicted molar refractivity (Wildman–Crippen MR) is 142 cm³/mol. The van der Waals surface area contributed by atoms with Crippen LogP contribution >= 0.6 is 15.9 Å². The molecule has 186 valence electrons. The van der Waals surface area contributed by atoms with Crippen LogP contribution in [0.2, 0.25) is 0 Å². The molecule has 3 aromatic rings. The van der Waals surface area contributed by atoms with Crippen LogP contribution in [0.1, 0.15) is 23.6 Å². The molecule has 0 spiro atoms. The van der Waals surface area contributed by atoms with Gasteiger partial charge in [0.25, 0.3) is 10.0 Å². The molecule has 7 nitrogen and oxygen atoms in total. The van der Waals surface area contributed by atoms with Crippen LogP contribution in [0.15, 0.2) is 64.0 Å². The minimum Gasteiger partial charge on any atom is -0.495 e. The Morgan fingerprint density at radius 1 is 1.00 bits per heavy atom. The number of sulfonamides is 1. The summed E-state index contributed by atoms with van der Waals surface area (Å²) >= 11 is 3.45. The van der Waals surface area contributed by atoms with Crippen molar-refractivity contribution in [2.45, 2.75) is 32.6 Å². The van der Waals surface area contributed by atoms with Crippen molar-refractivity contribution in [1.29, 1.82) is 0 Å². The van der Waals surface area contributed by atoms with Crippen molar-refractivity contribution in [3.05, 3.63) is 75.8 Å². The SMILES string of the molecule is CCOc1ccc(N(CC(=O)Nc2c(C)cc(Br)cc2C)S(=O)(=O)c2cc(C)ccc2OC)cc1. The Morgan fingerprint density at radius 2 is 1.63 bits per heavy atom. The fraction of sp³-hybridized carbons (Fsp3) is 0.269. The van der Waals surface area contributed by atoms with Gasteiger partial charge in [-0.25, -0.2) is 8.42 Å². The monoisotopic (exact) mass is 560 g/mol. The number of hydrogen-bond acceptors (Lipinski definition) is 5. The number of anilines is 2. The van der Waals surface area contributed by atoms with E-state index in [2.05, 4.69) is 21.2 Å². The first-order valence-electron chi connectivity index (χ1n) is 11.0. The molecular weight excluding hydrogens is 532 g/mol. The first-order valence-corrected chi connectivity index (χ1v) is 13.3. The van der Waals surface area contributed by atoms with E-state index in [1.807, 2.05) is 32.9 Å². The molecule has 0 aliphatic carbocycles. The number of carbonyl (C=O) groups is 1. The van der Waals surface area contributed by atoms with Crippen molar-refractivity contribution < 1.29 is 22.7 Å². The van der Waals surface area contributed by atoms with E-state index in [9.17, 15) is 13.2 Å². The third-order valence-corrected chi connectivity index (χ3v) is 7.62. The molecule has 0 aliphatic heterocycles. The van der Waals surface area contributed by atoms with Gasteiger partial charge in [-0.2, -0.15) is 0 Å². The molecule has 0 fully saturated rings. The van der Waals surface area contributed by atoms with Gasteiger partial charge in [-0.05, 0) is 92.9 Å². The Labute approximate surface area is 215 Å². The topological polar surface area (TPSA) is 84.9 Å². The van der Waals surface area contributed by atoms with E-state index < -0.39 is 22.5 Å². The zero-order valence-electron chi connectivity index (χ0n) is 20.4. The van der Waals surface area contributed by atoms with E-state index in [0.717, 1.165) is 25.5 Å². The molecule has 0 radical (unpaired) electrons. The van der Waals surface area contributed by atoms with Crippen LogP contribution in [0.25, 0.3) is 0 Å². The molecule has 3 aromatic carbocycles. The number of ether oxygens (including phenoxy) is 2. The van der Waals surface area contributed by atoms with Crippen molar-refractivity contribution in [1.82, 2.24) is 0 Å². The Bertz CT molecular complexity index is 1300. The summed E-state index contributed by atoms with van der Waals surface area (Å²) in [7, 11) is -2.75. The summed E-state index contributed by atoms with van der Waals surface area (Å²) in [5.74, 6) is 0.335. The quantitative estimate of drug-likeness (QED) is 0.367. The van der Waals surface area contributed by atoms with Crippen LogP contribution in [-0.2, 0) is 14.8 Å². The molecule has 0 unspecified atom stereocenters. The van der Waals surface area contributed by atoms with Gasteiger partial charge >= 0.3 is 0 Å². The van der Waals surface area contributed by atoms with Gasteiger partial charge in [0.05, 0.1) is 19.4 Å². The lowest BCUT2D eigenvalue weighted by Gasteiger charge is -2.25. The average Bonchev–Trinajstić information content (AvgIpc) is 2.80. The van der Waals surface area contributed by atoms with E-state index in [1.54, 1.807) is 43.3 Å². The average molecular weight is 561 g/mol. The number of methoxy groups -OCH3 is 1. The van der Waals surface area contributed by atoms with Crippen molar-refractivity contribution in [3.8, 4) is 11.5 Å². The fourth-order valence-electron chi connectivity index (χ4n) is 3.71. The van der Waals surface area contributed by atoms with Crippen LogP contribution in [0.4, 0.5) is 11.4 Å². The van der Waals surface area contributed by atoms with Crippen LogP contribution in [0, 0.1) is 20.8 Å². The summed E-state index contributed by atoms with van der Waals surface area (Å²) in [6.45, 7) is 7.48. The predicted octanol–water partition coefficient (Wildman–Crippen LogP) is 5.62. The molecule has 0 bridgehead atoms. The van der Waals surface area contributed by atoms with Crippen LogP contribution in [-0.4, -0.2) is 34.6 Å². The lowest BCUT2D eigenvalue weighted by atomic mass is 10.1. The molecule has 1 N–H and O–H groups in total. The number of carbonyl (C=O) groups excluding carboxylic acids is 1. The summed E-state index contributed by atoms with van der Waals surface area (Å²) in [4.78, 5) is 13.2. The van der Waals surface area contributed by atoms with Crippen LogP contribution in [0.3, 0.4) is 0 Å². The van der Waals surface area contributed by atoms with Crippen LogP contribution < -0.4 is 19.1 Å². The first kappa shape index (κ1) is 26.6. The molecule has 0 heterocycles. The lowest BCUT2D eigenvalue weighted by Crippen LogP contribution is -2.38. The van der Waals surface area contributed by atoms with Gasteiger partial charge < -0.3 is 14.8 Å². The van der Waals surface area contributed by atoms with Gasteiger partial charge in [0.1, 0.15) is 22.9 Å². The highest BCUT2D eigenvalue weighted by Crippen LogP contribution is 2.32. The van der Waals surface area contributed by atoms with E-state index in [4.69, 9.17) is 9.47 Å². The molecular formula is C26H29BrN2O5S. The smallest absolute Gasteiger partial charge is 0.268 e. The minimum absolute atomic E-state index is 0.0160. The molecule has 0 aliphatic rings. The molecule has 9 heteroatoms. The van der Waals surface area contributed by atoms with E-state index in [1.165, 1.54) is 13.2 Å². The summed E-state index contributed by atoms with van der Waals surface area (Å²) in [6, 6.07) is 15.3. The van der Waals surface area contributed by atoms with Crippen molar-refractivity contribution in [2.75, 3.05) is 29.9 Å². The number of halogens is 1. The Hall–Kier alpha value is -3.04. The Morgan fingerprint density at radius 3 is 2.20 bits per heavy atom. The van der Waals surface area contributed by atoms with Crippen molar-refractivity contribution >= 4 is 43.2 Å². The highest BCUT2D eigenvalue weighted by atomic mass is 79.9. The number of aryl methyl sites for hydroxylation is 3. The standard InChI is InChI=1S/C26H29BrN2O5S/c1-6-34-22-10-8-21(9-11-22)29(35(31,32)24-13-17(2)7-12-23(24)33-5)16-25(30)28-26-18(3)14-20(27)15-19(26)4/h7-15H,6,16H2,1-5H3,(H,28,30). The zero-order chi connectivity index (χ0) is 25.8. The molecule has 0 saturated heterocycles. The maximum Gasteiger partial charge on any atom is 0.268 e. The van der Waals surface area contributed by atoms with Crippen molar-refractivity contribution in [2.24, 2.45) is 0 Å². The van der Waals surface area contributed by atoms with Gasteiger partial charge in [-0.1, -0.05) is 22.0 Å². The van der Waals surface area contributed by atoms with Gasteiger partial charge in [-0.15, -0.1) is 0 Å². The second-order valence-corrected chi connectivity index (χ2v) is 10.8. The fourth-order valence-corrected chi connectivity index (χ4v) is 6.06. The summed E-state index contributed by atoms with van der Waals surface area (Å²) in [5, 5.41) is 2.88. The zero-order valence-corrected chi connectivity index (χ0v) is 22.8. The van der Waals surface area contributed by atoms with Crippen molar-refractivity contribution in [3.63, 3.8) is 0 Å². The molecule has 0 aromatic heterocycles. The summed E-state index contributed by atoms with van der Waals surface area (Å²) in [6.07, 6.45) is 0. The maximum atomic E-state index is 13.9. The largest absolute Gasteiger partial charge is 0.495 e. The molecule has 1 amide bonds. The molecule has 3 rings (SSSR count). The number of nitrogens with one attached hydrogen (secondary N) is 1. The number of rotatable bonds is 9. The van der Waals surface area contributed by atoms with Gasteiger partial charge in [0.15, 0.2) is 0 Å². The summed E-state index contributed by atoms with van der Waals surface area (Å²) in [5.41, 5.74) is 3.45. The minimum atomic E-state index is -4.16. The van der Waals surface area contributed by atoms with Gasteiger partial charge in [-0.3, -0.25) is 9.10 Å². The number of benzene rings is 3. The normalized spacial score (nSPS) is 11.1.